The van der Waals surface area contributed by atoms with E-state index in [1.807, 2.05) is 18.5 Å². The lowest BCUT2D eigenvalue weighted by Gasteiger charge is -2.27. The molecule has 1 aliphatic heterocycles. The van der Waals surface area contributed by atoms with Crippen LogP contribution < -0.4 is 5.32 Å². The van der Waals surface area contributed by atoms with Crippen LogP contribution in [0, 0.1) is 11.7 Å². The van der Waals surface area contributed by atoms with Gasteiger partial charge in [-0.15, -0.1) is 0 Å². The number of halogens is 1. The average Bonchev–Trinajstić information content (AvgIpc) is 2.83. The number of aromatic nitrogens is 2. The Morgan fingerprint density at radius 2 is 2.35 bits per heavy atom. The minimum absolute atomic E-state index is 0.0255. The van der Waals surface area contributed by atoms with Gasteiger partial charge >= 0.3 is 0 Å². The minimum Gasteiger partial charge on any atom is -0.378 e. The molecule has 0 spiro atoms. The molecule has 1 fully saturated rings. The number of carbonyl (C=O) groups excluding carboxylic acids is 1. The number of fused-ring (bicyclic) bond motifs is 1. The molecule has 3 rings (SSSR count). The van der Waals surface area contributed by atoms with Crippen molar-refractivity contribution in [3.63, 3.8) is 0 Å². The first-order valence-electron chi connectivity index (χ1n) is 8.06. The second kappa shape index (κ2) is 6.66. The van der Waals surface area contributed by atoms with Crippen LogP contribution in [-0.2, 0) is 23.0 Å². The maximum Gasteiger partial charge on any atom is 0.225 e. The van der Waals surface area contributed by atoms with E-state index in [9.17, 15) is 9.18 Å². The Morgan fingerprint density at radius 3 is 3.13 bits per heavy atom. The van der Waals surface area contributed by atoms with Crippen molar-refractivity contribution >= 4 is 16.9 Å². The number of ether oxygens (including phenoxy) is 1. The number of amides is 1. The molecule has 0 saturated carbocycles. The average molecular weight is 319 g/mol. The molecular formula is C17H22FN3O2. The van der Waals surface area contributed by atoms with Crippen LogP contribution in [0.3, 0.4) is 0 Å². The van der Waals surface area contributed by atoms with Gasteiger partial charge in [-0.05, 0) is 31.9 Å². The SMILES string of the molecule is CC1OCCCC1C(=O)NCCc1nc2cc(F)ccc2n1C. The Labute approximate surface area is 134 Å². The first-order valence-corrected chi connectivity index (χ1v) is 8.06. The predicted molar refractivity (Wildman–Crippen MR) is 85.5 cm³/mol. The van der Waals surface area contributed by atoms with Crippen LogP contribution in [0.5, 0.6) is 0 Å². The van der Waals surface area contributed by atoms with Crippen molar-refractivity contribution in [1.82, 2.24) is 14.9 Å². The number of benzene rings is 1. The summed E-state index contributed by atoms with van der Waals surface area (Å²) in [5, 5.41) is 2.97. The second-order valence-electron chi connectivity index (χ2n) is 6.09. The van der Waals surface area contributed by atoms with Crippen molar-refractivity contribution in [3.05, 3.63) is 29.8 Å². The third-order valence-electron chi connectivity index (χ3n) is 4.53. The summed E-state index contributed by atoms with van der Waals surface area (Å²) < 4.78 is 20.7. The monoisotopic (exact) mass is 319 g/mol. The lowest BCUT2D eigenvalue weighted by atomic mass is 9.94. The number of imidazole rings is 1. The van der Waals surface area contributed by atoms with Crippen LogP contribution in [0.4, 0.5) is 4.39 Å². The van der Waals surface area contributed by atoms with Gasteiger partial charge in [-0.3, -0.25) is 4.79 Å². The molecule has 23 heavy (non-hydrogen) atoms. The van der Waals surface area contributed by atoms with Gasteiger partial charge in [0.25, 0.3) is 0 Å². The lowest BCUT2D eigenvalue weighted by molar-refractivity contribution is -0.133. The second-order valence-corrected chi connectivity index (χ2v) is 6.09. The molecule has 0 radical (unpaired) electrons. The van der Waals surface area contributed by atoms with Gasteiger partial charge in [-0.2, -0.15) is 0 Å². The molecule has 1 saturated heterocycles. The maximum absolute atomic E-state index is 13.3. The maximum atomic E-state index is 13.3. The zero-order chi connectivity index (χ0) is 16.4. The van der Waals surface area contributed by atoms with Crippen LogP contribution in [-0.4, -0.2) is 34.7 Å². The number of nitrogens with zero attached hydrogens (tertiary/aromatic N) is 2. The molecule has 1 aromatic heterocycles. The molecule has 0 bridgehead atoms. The Hall–Kier alpha value is -1.95. The number of nitrogens with one attached hydrogen (secondary N) is 1. The Balaban J connectivity index is 1.60. The van der Waals surface area contributed by atoms with E-state index in [0.717, 1.165) is 30.8 Å². The topological polar surface area (TPSA) is 56.1 Å². The van der Waals surface area contributed by atoms with E-state index >= 15 is 0 Å². The molecule has 1 aromatic carbocycles. The van der Waals surface area contributed by atoms with Crippen LogP contribution in [0.25, 0.3) is 11.0 Å². The Kier molecular flexibility index (Phi) is 4.61. The summed E-state index contributed by atoms with van der Waals surface area (Å²) in [5.41, 5.74) is 1.53. The molecular weight excluding hydrogens is 297 g/mol. The largest absolute Gasteiger partial charge is 0.378 e. The van der Waals surface area contributed by atoms with Gasteiger partial charge < -0.3 is 14.6 Å². The lowest BCUT2D eigenvalue weighted by Crippen LogP contribution is -2.41. The molecule has 0 aliphatic carbocycles. The van der Waals surface area contributed by atoms with Gasteiger partial charge in [-0.25, -0.2) is 9.37 Å². The van der Waals surface area contributed by atoms with Gasteiger partial charge in [0, 0.05) is 32.7 Å². The zero-order valence-corrected chi connectivity index (χ0v) is 13.5. The third-order valence-corrected chi connectivity index (χ3v) is 4.53. The smallest absolute Gasteiger partial charge is 0.225 e. The van der Waals surface area contributed by atoms with Gasteiger partial charge in [0.1, 0.15) is 11.6 Å². The summed E-state index contributed by atoms with van der Waals surface area (Å²) in [6, 6.07) is 4.58. The Bertz CT molecular complexity index is 713. The molecule has 2 heterocycles. The molecule has 2 aromatic rings. The molecule has 2 unspecified atom stereocenters. The summed E-state index contributed by atoms with van der Waals surface area (Å²) in [6.07, 6.45) is 2.39. The standard InChI is InChI=1S/C17H22FN3O2/c1-11-13(4-3-9-23-11)17(22)19-8-7-16-20-14-10-12(18)5-6-15(14)21(16)2/h5-6,10-11,13H,3-4,7-9H2,1-2H3,(H,19,22). The van der Waals surface area contributed by atoms with E-state index < -0.39 is 0 Å². The summed E-state index contributed by atoms with van der Waals surface area (Å²) in [6.45, 7) is 3.20. The molecule has 1 amide bonds. The first-order chi connectivity index (χ1) is 11.1. The number of carbonyl (C=O) groups is 1. The van der Waals surface area contributed by atoms with E-state index in [2.05, 4.69) is 10.3 Å². The fraction of sp³-hybridized carbons (Fsp3) is 0.529. The van der Waals surface area contributed by atoms with Crippen molar-refractivity contribution in [2.24, 2.45) is 13.0 Å². The van der Waals surface area contributed by atoms with Crippen LogP contribution in [0.1, 0.15) is 25.6 Å². The number of aryl methyl sites for hydroxylation is 1. The molecule has 5 nitrogen and oxygen atoms in total. The van der Waals surface area contributed by atoms with Gasteiger partial charge in [0.2, 0.25) is 5.91 Å². The normalized spacial score (nSPS) is 21.5. The Morgan fingerprint density at radius 1 is 1.52 bits per heavy atom. The van der Waals surface area contributed by atoms with Crippen molar-refractivity contribution in [2.45, 2.75) is 32.3 Å². The molecule has 1 aliphatic rings. The van der Waals surface area contributed by atoms with E-state index in [1.165, 1.54) is 12.1 Å². The molecule has 2 atom stereocenters. The van der Waals surface area contributed by atoms with Gasteiger partial charge in [-0.1, -0.05) is 0 Å². The number of hydrogen-bond acceptors (Lipinski definition) is 3. The van der Waals surface area contributed by atoms with Crippen molar-refractivity contribution in [1.29, 1.82) is 0 Å². The van der Waals surface area contributed by atoms with Crippen LogP contribution in [0.15, 0.2) is 18.2 Å². The van der Waals surface area contributed by atoms with Gasteiger partial charge in [0.05, 0.1) is 23.1 Å². The number of rotatable bonds is 4. The summed E-state index contributed by atoms with van der Waals surface area (Å²) >= 11 is 0. The fourth-order valence-electron chi connectivity index (χ4n) is 3.14. The zero-order valence-electron chi connectivity index (χ0n) is 13.5. The minimum atomic E-state index is -0.290. The summed E-state index contributed by atoms with van der Waals surface area (Å²) in [4.78, 5) is 16.7. The highest BCUT2D eigenvalue weighted by atomic mass is 19.1. The quantitative estimate of drug-likeness (QED) is 0.940. The van der Waals surface area contributed by atoms with Crippen molar-refractivity contribution < 1.29 is 13.9 Å². The fourth-order valence-corrected chi connectivity index (χ4v) is 3.14. The van der Waals surface area contributed by atoms with Crippen LogP contribution >= 0.6 is 0 Å². The van der Waals surface area contributed by atoms with E-state index in [-0.39, 0.29) is 23.7 Å². The highest BCUT2D eigenvalue weighted by molar-refractivity contribution is 5.79. The van der Waals surface area contributed by atoms with Crippen molar-refractivity contribution in [2.75, 3.05) is 13.2 Å². The van der Waals surface area contributed by atoms with E-state index in [0.29, 0.717) is 18.5 Å². The number of hydrogen-bond donors (Lipinski definition) is 1. The van der Waals surface area contributed by atoms with Crippen LogP contribution in [0.2, 0.25) is 0 Å². The summed E-state index contributed by atoms with van der Waals surface area (Å²) in [5.74, 6) is 0.515. The highest BCUT2D eigenvalue weighted by Crippen LogP contribution is 2.20. The molecule has 6 heteroatoms. The first kappa shape index (κ1) is 15.9. The highest BCUT2D eigenvalue weighted by Gasteiger charge is 2.28. The predicted octanol–water partition coefficient (Wildman–Crippen LogP) is 2.19. The third kappa shape index (κ3) is 3.37. The van der Waals surface area contributed by atoms with E-state index in [4.69, 9.17) is 4.74 Å². The summed E-state index contributed by atoms with van der Waals surface area (Å²) in [7, 11) is 1.90. The van der Waals surface area contributed by atoms with Crippen molar-refractivity contribution in [3.8, 4) is 0 Å². The van der Waals surface area contributed by atoms with Gasteiger partial charge in [0.15, 0.2) is 0 Å². The molecule has 124 valence electrons. The molecule has 1 N–H and O–H groups in total. The van der Waals surface area contributed by atoms with E-state index in [1.54, 1.807) is 6.07 Å².